The van der Waals surface area contributed by atoms with Crippen LogP contribution in [0.15, 0.2) is 24.3 Å². The number of nitrogens with zero attached hydrogens (tertiary/aromatic N) is 1. The van der Waals surface area contributed by atoms with E-state index < -0.39 is 11.7 Å². The van der Waals surface area contributed by atoms with Crippen molar-refractivity contribution in [1.82, 2.24) is 4.90 Å². The van der Waals surface area contributed by atoms with E-state index >= 15 is 0 Å². The van der Waals surface area contributed by atoms with Crippen LogP contribution in [-0.2, 0) is 10.9 Å². The van der Waals surface area contributed by atoms with Crippen molar-refractivity contribution >= 4 is 0 Å². The maximum atomic E-state index is 12.5. The van der Waals surface area contributed by atoms with E-state index in [2.05, 4.69) is 11.8 Å². The number of hydrogen-bond acceptors (Lipinski definition) is 3. The number of hydrogen-bond donors (Lipinski definition) is 1. The molecule has 0 spiro atoms. The van der Waals surface area contributed by atoms with Crippen LogP contribution in [0, 0.1) is 0 Å². The van der Waals surface area contributed by atoms with Crippen molar-refractivity contribution in [2.75, 3.05) is 26.3 Å². The minimum Gasteiger partial charge on any atom is -0.378 e. The molecular formula is C15H21F3N2O. The number of ether oxygens (including phenoxy) is 1. The molecule has 0 amide bonds. The monoisotopic (exact) mass is 302 g/mol. The highest BCUT2D eigenvalue weighted by Gasteiger charge is 2.30. The highest BCUT2D eigenvalue weighted by Crippen LogP contribution is 2.29. The third-order valence-corrected chi connectivity index (χ3v) is 3.92. The summed E-state index contributed by atoms with van der Waals surface area (Å²) in [5.41, 5.74) is 6.22. The molecule has 0 saturated carbocycles. The lowest BCUT2D eigenvalue weighted by atomic mass is 10.0. The lowest BCUT2D eigenvalue weighted by Gasteiger charge is -2.36. The summed E-state index contributed by atoms with van der Waals surface area (Å²) in [6.07, 6.45) is -3.33. The van der Waals surface area contributed by atoms with Gasteiger partial charge in [0.1, 0.15) is 0 Å². The molecule has 6 heteroatoms. The molecule has 1 saturated heterocycles. The predicted molar refractivity (Wildman–Crippen MR) is 74.8 cm³/mol. The molecule has 21 heavy (non-hydrogen) atoms. The van der Waals surface area contributed by atoms with Gasteiger partial charge in [0.15, 0.2) is 0 Å². The molecule has 1 aliphatic rings. The molecule has 2 unspecified atom stereocenters. The minimum atomic E-state index is -4.31. The van der Waals surface area contributed by atoms with E-state index in [0.29, 0.717) is 25.8 Å². The average molecular weight is 302 g/mol. The molecule has 118 valence electrons. The first-order chi connectivity index (χ1) is 9.91. The topological polar surface area (TPSA) is 38.5 Å². The van der Waals surface area contributed by atoms with Crippen molar-refractivity contribution in [2.24, 2.45) is 5.73 Å². The largest absolute Gasteiger partial charge is 0.416 e. The molecule has 2 atom stereocenters. The van der Waals surface area contributed by atoms with Gasteiger partial charge in [-0.15, -0.1) is 0 Å². The molecule has 0 bridgehead atoms. The lowest BCUT2D eigenvalue weighted by Crippen LogP contribution is -2.47. The van der Waals surface area contributed by atoms with Crippen LogP contribution in [0.1, 0.15) is 30.5 Å². The van der Waals surface area contributed by atoms with Gasteiger partial charge in [-0.2, -0.15) is 13.2 Å². The van der Waals surface area contributed by atoms with Crippen molar-refractivity contribution in [3.05, 3.63) is 35.4 Å². The SMILES string of the molecule is CCC1COCCN1CC(N)c1ccc(C(F)(F)F)cc1. The van der Waals surface area contributed by atoms with Crippen molar-refractivity contribution in [1.29, 1.82) is 0 Å². The van der Waals surface area contributed by atoms with Gasteiger partial charge in [-0.1, -0.05) is 19.1 Å². The van der Waals surface area contributed by atoms with Crippen molar-refractivity contribution < 1.29 is 17.9 Å². The summed E-state index contributed by atoms with van der Waals surface area (Å²) in [6, 6.07) is 5.15. The van der Waals surface area contributed by atoms with E-state index in [4.69, 9.17) is 10.5 Å². The summed E-state index contributed by atoms with van der Waals surface area (Å²) < 4.78 is 43.0. The maximum Gasteiger partial charge on any atom is 0.416 e. The van der Waals surface area contributed by atoms with E-state index in [1.54, 1.807) is 0 Å². The Morgan fingerprint density at radius 3 is 2.57 bits per heavy atom. The third kappa shape index (κ3) is 4.18. The normalized spacial score (nSPS) is 22.2. The van der Waals surface area contributed by atoms with E-state index in [0.717, 1.165) is 30.7 Å². The molecule has 2 rings (SSSR count). The minimum absolute atomic E-state index is 0.292. The summed E-state index contributed by atoms with van der Waals surface area (Å²) in [5, 5.41) is 0. The average Bonchev–Trinajstić information content (AvgIpc) is 2.47. The van der Waals surface area contributed by atoms with Crippen molar-refractivity contribution in [2.45, 2.75) is 31.6 Å². The van der Waals surface area contributed by atoms with Gasteiger partial charge < -0.3 is 10.5 Å². The lowest BCUT2D eigenvalue weighted by molar-refractivity contribution is -0.137. The number of morpholine rings is 1. The number of benzene rings is 1. The number of rotatable bonds is 4. The Hall–Kier alpha value is -1.11. The number of alkyl halides is 3. The highest BCUT2D eigenvalue weighted by molar-refractivity contribution is 5.26. The molecule has 3 nitrogen and oxygen atoms in total. The summed E-state index contributed by atoms with van der Waals surface area (Å²) in [5.74, 6) is 0. The maximum absolute atomic E-state index is 12.5. The second kappa shape index (κ2) is 6.77. The fraction of sp³-hybridized carbons (Fsp3) is 0.600. The van der Waals surface area contributed by atoms with Crippen LogP contribution in [0.5, 0.6) is 0 Å². The van der Waals surface area contributed by atoms with Crippen LogP contribution >= 0.6 is 0 Å². The smallest absolute Gasteiger partial charge is 0.378 e. The summed E-state index contributed by atoms with van der Waals surface area (Å²) in [4.78, 5) is 2.26. The Bertz CT molecular complexity index is 447. The Kier molecular flexibility index (Phi) is 5.24. The second-order valence-electron chi connectivity index (χ2n) is 5.36. The molecule has 1 aromatic rings. The zero-order valence-corrected chi connectivity index (χ0v) is 12.1. The second-order valence-corrected chi connectivity index (χ2v) is 5.36. The molecule has 1 fully saturated rings. The van der Waals surface area contributed by atoms with Gasteiger partial charge in [-0.3, -0.25) is 4.90 Å². The van der Waals surface area contributed by atoms with Gasteiger partial charge in [0, 0.05) is 25.2 Å². The van der Waals surface area contributed by atoms with E-state index in [-0.39, 0.29) is 6.04 Å². The highest BCUT2D eigenvalue weighted by atomic mass is 19.4. The predicted octanol–water partition coefficient (Wildman–Crippen LogP) is 2.82. The van der Waals surface area contributed by atoms with Crippen LogP contribution in [0.3, 0.4) is 0 Å². The van der Waals surface area contributed by atoms with Gasteiger partial charge in [-0.25, -0.2) is 0 Å². The first kappa shape index (κ1) is 16.3. The molecule has 0 radical (unpaired) electrons. The van der Waals surface area contributed by atoms with E-state index in [1.807, 2.05) is 0 Å². The molecule has 1 aromatic carbocycles. The Morgan fingerprint density at radius 2 is 2.00 bits per heavy atom. The Balaban J connectivity index is 2.01. The summed E-state index contributed by atoms with van der Waals surface area (Å²) in [6.45, 7) is 4.91. The van der Waals surface area contributed by atoms with E-state index in [1.165, 1.54) is 12.1 Å². The van der Waals surface area contributed by atoms with Crippen LogP contribution in [0.25, 0.3) is 0 Å². The molecular weight excluding hydrogens is 281 g/mol. The van der Waals surface area contributed by atoms with Crippen LogP contribution in [0.2, 0.25) is 0 Å². The molecule has 1 heterocycles. The molecule has 0 aliphatic carbocycles. The number of halogens is 3. The first-order valence-electron chi connectivity index (χ1n) is 7.16. The fourth-order valence-electron chi connectivity index (χ4n) is 2.58. The third-order valence-electron chi connectivity index (χ3n) is 3.92. The van der Waals surface area contributed by atoms with Crippen LogP contribution in [0.4, 0.5) is 13.2 Å². The molecule has 1 aliphatic heterocycles. The van der Waals surface area contributed by atoms with Crippen LogP contribution < -0.4 is 5.73 Å². The standard InChI is InChI=1S/C15H21F3N2O/c1-2-13-10-21-8-7-20(13)9-14(19)11-3-5-12(6-4-11)15(16,17)18/h3-6,13-14H,2,7-10,19H2,1H3. The van der Waals surface area contributed by atoms with Gasteiger partial charge in [0.05, 0.1) is 18.8 Å². The Morgan fingerprint density at radius 1 is 1.33 bits per heavy atom. The van der Waals surface area contributed by atoms with Crippen molar-refractivity contribution in [3.63, 3.8) is 0 Å². The van der Waals surface area contributed by atoms with Crippen LogP contribution in [-0.4, -0.2) is 37.2 Å². The van der Waals surface area contributed by atoms with E-state index in [9.17, 15) is 13.2 Å². The van der Waals surface area contributed by atoms with Gasteiger partial charge >= 0.3 is 6.18 Å². The van der Waals surface area contributed by atoms with Gasteiger partial charge in [-0.05, 0) is 24.1 Å². The van der Waals surface area contributed by atoms with Gasteiger partial charge in [0.2, 0.25) is 0 Å². The van der Waals surface area contributed by atoms with Gasteiger partial charge in [0.25, 0.3) is 0 Å². The molecule has 0 aromatic heterocycles. The first-order valence-corrected chi connectivity index (χ1v) is 7.16. The summed E-state index contributed by atoms with van der Waals surface area (Å²) >= 11 is 0. The Labute approximate surface area is 122 Å². The zero-order valence-electron chi connectivity index (χ0n) is 12.1. The zero-order chi connectivity index (χ0) is 15.5. The molecule has 2 N–H and O–H groups in total. The summed E-state index contributed by atoms with van der Waals surface area (Å²) in [7, 11) is 0. The van der Waals surface area contributed by atoms with Crippen molar-refractivity contribution in [3.8, 4) is 0 Å². The number of nitrogens with two attached hydrogens (primary N) is 1. The quantitative estimate of drug-likeness (QED) is 0.929. The fourth-order valence-corrected chi connectivity index (χ4v) is 2.58.